The van der Waals surface area contributed by atoms with Gasteiger partial charge in [-0.2, -0.15) is 0 Å². The zero-order valence-corrected chi connectivity index (χ0v) is 9.09. The van der Waals surface area contributed by atoms with Crippen LogP contribution < -0.4 is 0 Å². The van der Waals surface area contributed by atoms with Gasteiger partial charge in [-0.15, -0.1) is 11.8 Å². The van der Waals surface area contributed by atoms with Crippen LogP contribution in [0.2, 0.25) is 0 Å². The van der Waals surface area contributed by atoms with E-state index in [1.54, 1.807) is 18.7 Å². The van der Waals surface area contributed by atoms with Gasteiger partial charge in [-0.3, -0.25) is 4.79 Å². The van der Waals surface area contributed by atoms with Crippen LogP contribution >= 0.6 is 11.8 Å². The second kappa shape index (κ2) is 6.44. The number of hydrogen-bond acceptors (Lipinski definition) is 2. The van der Waals surface area contributed by atoms with Crippen molar-refractivity contribution in [3.8, 4) is 0 Å². The average molecular weight is 206 g/mol. The molecule has 0 aliphatic carbocycles. The lowest BCUT2D eigenvalue weighted by atomic mass is 10.2. The molecule has 0 aliphatic heterocycles. The minimum atomic E-state index is 0.210. The number of Topliss-reactive ketones (excluding diaryl/α,β-unsaturated/α-hetero) is 1. The van der Waals surface area contributed by atoms with Gasteiger partial charge < -0.3 is 0 Å². The van der Waals surface area contributed by atoms with Crippen LogP contribution in [-0.4, -0.2) is 5.78 Å². The highest BCUT2D eigenvalue weighted by atomic mass is 32.2. The predicted octanol–water partition coefficient (Wildman–Crippen LogP) is 3.41. The molecule has 2 heteroatoms. The third-order valence-corrected chi connectivity index (χ3v) is 2.58. The molecule has 0 radical (unpaired) electrons. The first-order valence-electron chi connectivity index (χ1n) is 4.59. The third-order valence-electron chi connectivity index (χ3n) is 1.69. The molecule has 14 heavy (non-hydrogen) atoms. The van der Waals surface area contributed by atoms with Gasteiger partial charge in [0.15, 0.2) is 0 Å². The highest BCUT2D eigenvalue weighted by Crippen LogP contribution is 2.12. The Bertz CT molecular complexity index is 303. The van der Waals surface area contributed by atoms with Crippen LogP contribution in [0, 0.1) is 0 Å². The van der Waals surface area contributed by atoms with E-state index in [2.05, 4.69) is 12.1 Å². The lowest BCUT2D eigenvalue weighted by Crippen LogP contribution is -1.83. The fourth-order valence-electron chi connectivity index (χ4n) is 1.00. The zero-order chi connectivity index (χ0) is 10.2. The number of carbonyl (C=O) groups excluding carboxylic acids is 1. The Morgan fingerprint density at radius 2 is 2.07 bits per heavy atom. The molecule has 0 atom stereocenters. The standard InChI is InChI=1S/C12H14OS/c1-11(13)6-5-9-14-10-12-7-3-2-4-8-12/h2-5,7-9H,6,10H2,1H3/b9-5+. The van der Waals surface area contributed by atoms with E-state index < -0.39 is 0 Å². The van der Waals surface area contributed by atoms with E-state index >= 15 is 0 Å². The van der Waals surface area contributed by atoms with Crippen molar-refractivity contribution in [1.82, 2.24) is 0 Å². The molecule has 1 nitrogen and oxygen atoms in total. The summed E-state index contributed by atoms with van der Waals surface area (Å²) in [6, 6.07) is 10.3. The van der Waals surface area contributed by atoms with Crippen LogP contribution in [0.5, 0.6) is 0 Å². The number of benzene rings is 1. The van der Waals surface area contributed by atoms with Crippen molar-refractivity contribution in [2.24, 2.45) is 0 Å². The summed E-state index contributed by atoms with van der Waals surface area (Å²) in [4.78, 5) is 10.6. The smallest absolute Gasteiger partial charge is 0.133 e. The lowest BCUT2D eigenvalue weighted by molar-refractivity contribution is -0.116. The molecule has 0 amide bonds. The zero-order valence-electron chi connectivity index (χ0n) is 8.27. The molecule has 0 saturated heterocycles. The average Bonchev–Trinajstić information content (AvgIpc) is 2.18. The molecule has 0 spiro atoms. The maximum absolute atomic E-state index is 10.6. The summed E-state index contributed by atoms with van der Waals surface area (Å²) < 4.78 is 0. The number of carbonyl (C=O) groups is 1. The number of hydrogen-bond donors (Lipinski definition) is 0. The van der Waals surface area contributed by atoms with Crippen LogP contribution in [0.3, 0.4) is 0 Å². The van der Waals surface area contributed by atoms with Gasteiger partial charge in [0.1, 0.15) is 5.78 Å². The molecule has 74 valence electrons. The van der Waals surface area contributed by atoms with Gasteiger partial charge in [0.05, 0.1) is 0 Å². The molecule has 1 aromatic rings. The summed E-state index contributed by atoms with van der Waals surface area (Å²) in [7, 11) is 0. The molecule has 1 rings (SSSR count). The number of thioether (sulfide) groups is 1. The Kier molecular flexibility index (Phi) is 5.08. The van der Waals surface area contributed by atoms with Crippen molar-refractivity contribution in [2.45, 2.75) is 19.1 Å². The van der Waals surface area contributed by atoms with Crippen molar-refractivity contribution in [3.05, 3.63) is 47.4 Å². The number of rotatable bonds is 5. The van der Waals surface area contributed by atoms with Crippen molar-refractivity contribution in [1.29, 1.82) is 0 Å². The van der Waals surface area contributed by atoms with Crippen LogP contribution in [0.4, 0.5) is 0 Å². The van der Waals surface area contributed by atoms with E-state index in [1.807, 2.05) is 29.7 Å². The molecular weight excluding hydrogens is 192 g/mol. The monoisotopic (exact) mass is 206 g/mol. The maximum Gasteiger partial charge on any atom is 0.133 e. The molecule has 0 saturated carbocycles. The van der Waals surface area contributed by atoms with Gasteiger partial charge in [0, 0.05) is 12.2 Å². The van der Waals surface area contributed by atoms with Crippen molar-refractivity contribution >= 4 is 17.5 Å². The second-order valence-electron chi connectivity index (χ2n) is 3.07. The van der Waals surface area contributed by atoms with Crippen molar-refractivity contribution < 1.29 is 4.79 Å². The third kappa shape index (κ3) is 4.87. The first kappa shape index (κ1) is 11.1. The second-order valence-corrected chi connectivity index (χ2v) is 3.97. The molecule has 0 fully saturated rings. The Balaban J connectivity index is 2.22. The van der Waals surface area contributed by atoms with E-state index in [-0.39, 0.29) is 5.78 Å². The minimum Gasteiger partial charge on any atom is -0.300 e. The molecular formula is C12H14OS. The Morgan fingerprint density at radius 1 is 1.36 bits per heavy atom. The van der Waals surface area contributed by atoms with Crippen LogP contribution in [-0.2, 0) is 10.5 Å². The lowest BCUT2D eigenvalue weighted by Gasteiger charge is -1.95. The molecule has 0 heterocycles. The summed E-state index contributed by atoms with van der Waals surface area (Å²) in [6.07, 6.45) is 2.46. The quantitative estimate of drug-likeness (QED) is 0.734. The fourth-order valence-corrected chi connectivity index (χ4v) is 1.71. The highest BCUT2D eigenvalue weighted by Gasteiger charge is 1.89. The summed E-state index contributed by atoms with van der Waals surface area (Å²) >= 11 is 1.72. The first-order valence-corrected chi connectivity index (χ1v) is 5.64. The van der Waals surface area contributed by atoms with Crippen LogP contribution in [0.25, 0.3) is 0 Å². The summed E-state index contributed by atoms with van der Waals surface area (Å²) in [5.74, 6) is 1.18. The van der Waals surface area contributed by atoms with Crippen LogP contribution in [0.1, 0.15) is 18.9 Å². The SMILES string of the molecule is CC(=O)C/C=C/SCc1ccccc1. The molecule has 0 N–H and O–H groups in total. The van der Waals surface area contributed by atoms with Gasteiger partial charge in [-0.25, -0.2) is 0 Å². The van der Waals surface area contributed by atoms with E-state index in [0.29, 0.717) is 6.42 Å². The molecule has 0 aliphatic rings. The van der Waals surface area contributed by atoms with E-state index in [0.717, 1.165) is 5.75 Å². The van der Waals surface area contributed by atoms with Gasteiger partial charge in [0.2, 0.25) is 0 Å². The van der Waals surface area contributed by atoms with E-state index in [1.165, 1.54) is 5.56 Å². The normalized spacial score (nSPS) is 10.6. The Labute approximate surface area is 89.2 Å². The van der Waals surface area contributed by atoms with Gasteiger partial charge in [0.25, 0.3) is 0 Å². The van der Waals surface area contributed by atoms with Crippen LogP contribution in [0.15, 0.2) is 41.8 Å². The highest BCUT2D eigenvalue weighted by molar-refractivity contribution is 8.01. The molecule has 0 unspecified atom stereocenters. The van der Waals surface area contributed by atoms with E-state index in [9.17, 15) is 4.79 Å². The predicted molar refractivity (Wildman–Crippen MR) is 62.2 cm³/mol. The number of ketones is 1. The topological polar surface area (TPSA) is 17.1 Å². The molecule has 0 bridgehead atoms. The summed E-state index contributed by atoms with van der Waals surface area (Å²) in [5, 5.41) is 1.99. The summed E-state index contributed by atoms with van der Waals surface area (Å²) in [6.45, 7) is 1.60. The van der Waals surface area contributed by atoms with Crippen molar-refractivity contribution in [3.63, 3.8) is 0 Å². The van der Waals surface area contributed by atoms with Crippen molar-refractivity contribution in [2.75, 3.05) is 0 Å². The maximum atomic E-state index is 10.6. The van der Waals surface area contributed by atoms with Gasteiger partial charge in [-0.1, -0.05) is 36.4 Å². The summed E-state index contributed by atoms with van der Waals surface area (Å²) in [5.41, 5.74) is 1.31. The first-order chi connectivity index (χ1) is 6.79. The Hall–Kier alpha value is -1.02. The minimum absolute atomic E-state index is 0.210. The van der Waals surface area contributed by atoms with Gasteiger partial charge in [-0.05, 0) is 17.9 Å². The molecule has 0 aromatic heterocycles. The molecule has 1 aromatic carbocycles. The largest absolute Gasteiger partial charge is 0.300 e. The fraction of sp³-hybridized carbons (Fsp3) is 0.250. The number of allylic oxidation sites excluding steroid dienone is 1. The van der Waals surface area contributed by atoms with Gasteiger partial charge >= 0.3 is 0 Å². The van der Waals surface area contributed by atoms with E-state index in [4.69, 9.17) is 0 Å². The Morgan fingerprint density at radius 3 is 2.71 bits per heavy atom.